The first kappa shape index (κ1) is 24.5. The van der Waals surface area contributed by atoms with Gasteiger partial charge in [0.2, 0.25) is 11.8 Å². The second kappa shape index (κ2) is 8.98. The Bertz CT molecular complexity index is 786. The van der Waals surface area contributed by atoms with Crippen molar-refractivity contribution in [1.82, 2.24) is 9.80 Å². The molecule has 0 aliphatic carbocycles. The third-order valence-corrected chi connectivity index (χ3v) is 7.05. The topological polar surface area (TPSA) is 96.4 Å². The second-order valence-corrected chi connectivity index (χ2v) is 9.87. The van der Waals surface area contributed by atoms with Crippen molar-refractivity contribution in [2.45, 2.75) is 76.3 Å². The lowest BCUT2D eigenvalue weighted by molar-refractivity contribution is -0.157. The molecule has 8 nitrogen and oxygen atoms in total. The molecule has 0 saturated carbocycles. The molecule has 178 valence electrons. The number of carbonyl (C=O) groups is 3. The van der Waals surface area contributed by atoms with Crippen LogP contribution < -0.4 is 0 Å². The minimum Gasteiger partial charge on any atom is -0.461 e. The van der Waals surface area contributed by atoms with Gasteiger partial charge in [-0.25, -0.2) is 0 Å². The largest absolute Gasteiger partial charge is 0.461 e. The highest BCUT2D eigenvalue weighted by Gasteiger charge is 2.75. The summed E-state index contributed by atoms with van der Waals surface area (Å²) < 4.78 is 11.7. The smallest absolute Gasteiger partial charge is 0.312 e. The van der Waals surface area contributed by atoms with Crippen molar-refractivity contribution in [2.75, 3.05) is 19.8 Å². The summed E-state index contributed by atoms with van der Waals surface area (Å²) in [7, 11) is 0. The van der Waals surface area contributed by atoms with Crippen LogP contribution in [0.25, 0.3) is 0 Å². The Hall–Kier alpha value is -2.19. The van der Waals surface area contributed by atoms with Gasteiger partial charge in [0.1, 0.15) is 18.2 Å². The van der Waals surface area contributed by atoms with E-state index in [0.29, 0.717) is 25.8 Å². The van der Waals surface area contributed by atoms with Gasteiger partial charge < -0.3 is 24.4 Å². The van der Waals surface area contributed by atoms with Crippen LogP contribution in [0.2, 0.25) is 0 Å². The fourth-order valence-electron chi connectivity index (χ4n) is 5.65. The fraction of sp³-hybridized carbons (Fsp3) is 0.708. The molecular formula is C24H36N2O6. The molecule has 32 heavy (non-hydrogen) atoms. The quantitative estimate of drug-likeness (QED) is 0.426. The molecule has 0 aromatic rings. The van der Waals surface area contributed by atoms with Crippen molar-refractivity contribution in [1.29, 1.82) is 0 Å². The highest BCUT2D eigenvalue weighted by molar-refractivity contribution is 5.98. The second-order valence-electron chi connectivity index (χ2n) is 9.87. The minimum atomic E-state index is -1.11. The van der Waals surface area contributed by atoms with Crippen molar-refractivity contribution in [3.63, 3.8) is 0 Å². The van der Waals surface area contributed by atoms with E-state index in [9.17, 15) is 19.5 Å². The molecule has 8 heteroatoms. The van der Waals surface area contributed by atoms with Gasteiger partial charge >= 0.3 is 5.97 Å². The fourth-order valence-corrected chi connectivity index (χ4v) is 5.65. The number of nitrogens with zero attached hydrogens (tertiary/aromatic N) is 2. The molecule has 3 saturated heterocycles. The molecule has 2 unspecified atom stereocenters. The van der Waals surface area contributed by atoms with Crippen LogP contribution in [0.1, 0.15) is 47.0 Å². The number of hydrogen-bond acceptors (Lipinski definition) is 6. The molecule has 3 heterocycles. The zero-order valence-electron chi connectivity index (χ0n) is 19.6. The number of amides is 2. The van der Waals surface area contributed by atoms with Crippen molar-refractivity contribution in [3.8, 4) is 0 Å². The molecule has 3 rings (SSSR count). The molecule has 3 aliphatic heterocycles. The average molecular weight is 449 g/mol. The van der Waals surface area contributed by atoms with Crippen molar-refractivity contribution < 1.29 is 29.0 Å². The Morgan fingerprint density at radius 3 is 2.59 bits per heavy atom. The zero-order valence-corrected chi connectivity index (χ0v) is 19.6. The number of ether oxygens (including phenoxy) is 2. The van der Waals surface area contributed by atoms with Crippen LogP contribution in [0, 0.1) is 11.8 Å². The van der Waals surface area contributed by atoms with Gasteiger partial charge in [-0.2, -0.15) is 0 Å². The maximum atomic E-state index is 14.0. The third kappa shape index (κ3) is 3.67. The van der Waals surface area contributed by atoms with Gasteiger partial charge in [0, 0.05) is 12.1 Å². The Kier molecular flexibility index (Phi) is 6.86. The van der Waals surface area contributed by atoms with Crippen LogP contribution in [0.4, 0.5) is 0 Å². The first-order valence-electron chi connectivity index (χ1n) is 11.4. The summed E-state index contributed by atoms with van der Waals surface area (Å²) in [6.45, 7) is 15.1. The molecular weight excluding hydrogens is 412 g/mol. The number of hydrogen-bond donors (Lipinski definition) is 1. The molecule has 6 atom stereocenters. The first-order valence-corrected chi connectivity index (χ1v) is 11.4. The van der Waals surface area contributed by atoms with Crippen LogP contribution >= 0.6 is 0 Å². The van der Waals surface area contributed by atoms with Crippen molar-refractivity contribution in [3.05, 3.63) is 25.3 Å². The molecule has 0 aromatic carbocycles. The summed E-state index contributed by atoms with van der Waals surface area (Å²) in [4.78, 5) is 43.9. The van der Waals surface area contributed by atoms with Crippen molar-refractivity contribution in [2.24, 2.45) is 11.8 Å². The summed E-state index contributed by atoms with van der Waals surface area (Å²) >= 11 is 0. The third-order valence-electron chi connectivity index (χ3n) is 7.05. The normalized spacial score (nSPS) is 31.9. The number of rotatable bonds is 9. The highest BCUT2D eigenvalue weighted by atomic mass is 16.6. The van der Waals surface area contributed by atoms with E-state index in [2.05, 4.69) is 13.2 Å². The molecule has 3 aliphatic rings. The monoisotopic (exact) mass is 448 g/mol. The molecule has 1 N–H and O–H groups in total. The predicted molar refractivity (Wildman–Crippen MR) is 118 cm³/mol. The SMILES string of the molecule is C=CCOC(=O)[C@@H]1[C@@H]2CCC3(O2)C(C(=O)N(CC=C)C(C)(C)C)N([C@@H](CC)CO)C(=O)[C@H]13. The maximum absolute atomic E-state index is 14.0. The van der Waals surface area contributed by atoms with Crippen LogP contribution in [0.15, 0.2) is 25.3 Å². The summed E-state index contributed by atoms with van der Waals surface area (Å²) in [5.74, 6) is -2.65. The number of aliphatic hydroxyl groups excluding tert-OH is 1. The van der Waals surface area contributed by atoms with Gasteiger partial charge in [-0.1, -0.05) is 25.7 Å². The summed E-state index contributed by atoms with van der Waals surface area (Å²) in [5, 5.41) is 10.0. The number of fused-ring (bicyclic) bond motifs is 1. The number of aliphatic hydroxyl groups is 1. The standard InChI is InChI=1S/C24H36N2O6/c1-7-12-25(23(4,5)6)21(29)19-24-11-10-16(32-24)17(22(30)31-13-8-2)18(24)20(28)26(19)15(9-3)14-27/h7-8,15-19,27H,1-2,9-14H2,3-6H3/t15-,16-,17+,18-,19?,24?/m0/s1. The molecule has 2 amide bonds. The number of esters is 1. The maximum Gasteiger partial charge on any atom is 0.312 e. The lowest BCUT2D eigenvalue weighted by Crippen LogP contribution is -2.61. The Balaban J connectivity index is 2.09. The average Bonchev–Trinajstić information content (AvgIpc) is 3.38. The number of carbonyl (C=O) groups excluding carboxylic acids is 3. The van der Waals surface area contributed by atoms with Gasteiger partial charge in [-0.3, -0.25) is 14.4 Å². The molecule has 0 aromatic heterocycles. The lowest BCUT2D eigenvalue weighted by atomic mass is 9.70. The Labute approximate surface area is 190 Å². The van der Waals surface area contributed by atoms with E-state index in [1.807, 2.05) is 27.7 Å². The van der Waals surface area contributed by atoms with Gasteiger partial charge in [0.25, 0.3) is 0 Å². The van der Waals surface area contributed by atoms with E-state index < -0.39 is 47.1 Å². The van der Waals surface area contributed by atoms with Gasteiger partial charge in [-0.05, 0) is 40.0 Å². The van der Waals surface area contributed by atoms with Crippen LogP contribution in [-0.4, -0.2) is 81.8 Å². The molecule has 1 spiro atoms. The summed E-state index contributed by atoms with van der Waals surface area (Å²) in [6.07, 6.45) is 4.22. The van der Waals surface area contributed by atoms with Crippen molar-refractivity contribution >= 4 is 17.8 Å². The summed E-state index contributed by atoms with van der Waals surface area (Å²) in [5.41, 5.74) is -1.63. The molecule has 2 bridgehead atoms. The van der Waals surface area contributed by atoms with E-state index in [0.717, 1.165) is 0 Å². The van der Waals surface area contributed by atoms with E-state index in [-0.39, 0.29) is 25.0 Å². The Morgan fingerprint density at radius 1 is 1.38 bits per heavy atom. The van der Waals surface area contributed by atoms with E-state index in [1.54, 1.807) is 11.0 Å². The van der Waals surface area contributed by atoms with Crippen LogP contribution in [-0.2, 0) is 23.9 Å². The number of likely N-dealkylation sites (tertiary alicyclic amines) is 1. The van der Waals surface area contributed by atoms with Crippen LogP contribution in [0.3, 0.4) is 0 Å². The predicted octanol–water partition coefficient (Wildman–Crippen LogP) is 1.67. The first-order chi connectivity index (χ1) is 15.1. The van der Waals surface area contributed by atoms with E-state index in [1.165, 1.54) is 11.0 Å². The van der Waals surface area contributed by atoms with E-state index in [4.69, 9.17) is 9.47 Å². The summed E-state index contributed by atoms with van der Waals surface area (Å²) in [6, 6.07) is -1.46. The lowest BCUT2D eigenvalue weighted by Gasteiger charge is -2.43. The van der Waals surface area contributed by atoms with Gasteiger partial charge in [0.15, 0.2) is 0 Å². The van der Waals surface area contributed by atoms with Gasteiger partial charge in [-0.15, -0.1) is 6.58 Å². The molecule has 0 radical (unpaired) electrons. The highest BCUT2D eigenvalue weighted by Crippen LogP contribution is 2.59. The van der Waals surface area contributed by atoms with E-state index >= 15 is 0 Å². The molecule has 3 fully saturated rings. The van der Waals surface area contributed by atoms with Crippen LogP contribution in [0.5, 0.6) is 0 Å². The Morgan fingerprint density at radius 2 is 2.06 bits per heavy atom. The van der Waals surface area contributed by atoms with Gasteiger partial charge in [0.05, 0.1) is 30.6 Å². The zero-order chi connectivity index (χ0) is 23.8. The minimum absolute atomic E-state index is 0.0490.